The fraction of sp³-hybridized carbons (Fsp3) is 0.167. The number of rotatable bonds is 3. The van der Waals surface area contributed by atoms with E-state index in [1.807, 2.05) is 0 Å². The highest BCUT2D eigenvalue weighted by atomic mass is 35.5. The maximum absolute atomic E-state index is 12.7. The van der Waals surface area contributed by atoms with Gasteiger partial charge in [0.05, 0.1) is 15.3 Å². The lowest BCUT2D eigenvalue weighted by Gasteiger charge is -2.12. The van der Waals surface area contributed by atoms with E-state index in [0.29, 0.717) is 27.3 Å². The molecular formula is C18H15Cl2NO4S. The summed E-state index contributed by atoms with van der Waals surface area (Å²) in [6.07, 6.45) is 0. The Hall–Kier alpha value is -1.86. The maximum Gasteiger partial charge on any atom is 0.242 e. The third-order valence-corrected chi connectivity index (χ3v) is 6.36. The highest BCUT2D eigenvalue weighted by Crippen LogP contribution is 2.32. The minimum absolute atomic E-state index is 0.150. The number of fused-ring (bicyclic) bond motifs is 1. The van der Waals surface area contributed by atoms with Crippen molar-refractivity contribution in [1.82, 2.24) is 4.31 Å². The van der Waals surface area contributed by atoms with Gasteiger partial charge in [0.2, 0.25) is 10.0 Å². The Kier molecular flexibility index (Phi) is 4.88. The van der Waals surface area contributed by atoms with Crippen LogP contribution in [0.1, 0.15) is 5.56 Å². The molecule has 0 bridgehead atoms. The first kappa shape index (κ1) is 18.9. The van der Waals surface area contributed by atoms with Gasteiger partial charge in [-0.3, -0.25) is 4.79 Å². The molecule has 3 rings (SSSR count). The maximum atomic E-state index is 12.7. The van der Waals surface area contributed by atoms with Crippen LogP contribution < -0.4 is 5.43 Å². The normalized spacial score (nSPS) is 12.1. The number of nitrogens with zero attached hydrogens (tertiary/aromatic N) is 1. The highest BCUT2D eigenvalue weighted by Gasteiger charge is 2.19. The summed E-state index contributed by atoms with van der Waals surface area (Å²) in [7, 11) is -0.613. The number of hydrogen-bond donors (Lipinski definition) is 0. The van der Waals surface area contributed by atoms with Crippen molar-refractivity contribution in [1.29, 1.82) is 0 Å². The fourth-order valence-electron chi connectivity index (χ4n) is 2.58. The Morgan fingerprint density at radius 2 is 1.65 bits per heavy atom. The molecule has 26 heavy (non-hydrogen) atoms. The molecule has 0 saturated carbocycles. The molecule has 0 atom stereocenters. The van der Waals surface area contributed by atoms with E-state index in [0.717, 1.165) is 4.31 Å². The summed E-state index contributed by atoms with van der Waals surface area (Å²) < 4.78 is 31.3. The van der Waals surface area contributed by atoms with Crippen molar-refractivity contribution in [3.05, 3.63) is 62.2 Å². The van der Waals surface area contributed by atoms with Crippen LogP contribution in [0.4, 0.5) is 0 Å². The molecule has 0 fully saturated rings. The average molecular weight is 412 g/mol. The summed E-state index contributed by atoms with van der Waals surface area (Å²) in [5.41, 5.74) is 0.964. The van der Waals surface area contributed by atoms with Gasteiger partial charge >= 0.3 is 0 Å². The lowest BCUT2D eigenvalue weighted by molar-refractivity contribution is 0.520. The van der Waals surface area contributed by atoms with E-state index in [4.69, 9.17) is 27.6 Å². The average Bonchev–Trinajstić information content (AvgIpc) is 2.58. The molecule has 0 unspecified atom stereocenters. The monoisotopic (exact) mass is 411 g/mol. The van der Waals surface area contributed by atoms with Gasteiger partial charge in [-0.15, -0.1) is 0 Å². The molecule has 0 radical (unpaired) electrons. The zero-order valence-electron chi connectivity index (χ0n) is 14.2. The van der Waals surface area contributed by atoms with Crippen LogP contribution in [0, 0.1) is 6.92 Å². The Bertz CT molecular complexity index is 1170. The Labute approximate surface area is 160 Å². The summed E-state index contributed by atoms with van der Waals surface area (Å²) in [5, 5.41) is 0.883. The largest absolute Gasteiger partial charge is 0.454 e. The second kappa shape index (κ2) is 6.70. The van der Waals surface area contributed by atoms with Gasteiger partial charge in [-0.05, 0) is 43.3 Å². The second-order valence-electron chi connectivity index (χ2n) is 5.96. The van der Waals surface area contributed by atoms with Crippen molar-refractivity contribution in [2.45, 2.75) is 11.8 Å². The first-order valence-corrected chi connectivity index (χ1v) is 9.78. The van der Waals surface area contributed by atoms with Crippen LogP contribution in [-0.4, -0.2) is 26.8 Å². The number of halogens is 2. The fourth-order valence-corrected chi connectivity index (χ4v) is 4.01. The molecular weight excluding hydrogens is 397 g/mol. The van der Waals surface area contributed by atoms with Crippen molar-refractivity contribution in [3.8, 4) is 11.3 Å². The zero-order chi connectivity index (χ0) is 19.2. The Morgan fingerprint density at radius 1 is 1.04 bits per heavy atom. The quantitative estimate of drug-likeness (QED) is 0.643. The summed E-state index contributed by atoms with van der Waals surface area (Å²) in [5.74, 6) is 0.334. The Balaban J connectivity index is 2.20. The molecule has 0 spiro atoms. The molecule has 0 N–H and O–H groups in total. The van der Waals surface area contributed by atoms with E-state index in [1.54, 1.807) is 19.1 Å². The van der Waals surface area contributed by atoms with E-state index in [2.05, 4.69) is 0 Å². The summed E-state index contributed by atoms with van der Waals surface area (Å²) in [6, 6.07) is 9.14. The first-order chi connectivity index (χ1) is 12.1. The van der Waals surface area contributed by atoms with Crippen LogP contribution in [-0.2, 0) is 10.0 Å². The van der Waals surface area contributed by atoms with Gasteiger partial charge < -0.3 is 4.42 Å². The van der Waals surface area contributed by atoms with E-state index in [-0.39, 0.29) is 20.9 Å². The van der Waals surface area contributed by atoms with Crippen LogP contribution in [0.2, 0.25) is 10.0 Å². The van der Waals surface area contributed by atoms with E-state index in [9.17, 15) is 13.2 Å². The van der Waals surface area contributed by atoms with E-state index >= 15 is 0 Å². The summed E-state index contributed by atoms with van der Waals surface area (Å²) in [4.78, 5) is 12.8. The number of benzene rings is 2. The van der Waals surface area contributed by atoms with Crippen LogP contribution in [0.15, 0.2) is 50.5 Å². The van der Waals surface area contributed by atoms with Crippen molar-refractivity contribution in [3.63, 3.8) is 0 Å². The lowest BCUT2D eigenvalue weighted by Crippen LogP contribution is -2.22. The summed E-state index contributed by atoms with van der Waals surface area (Å²) in [6.45, 7) is 1.64. The third kappa shape index (κ3) is 3.14. The molecule has 5 nitrogen and oxygen atoms in total. The standard InChI is InChI=1S/C18H15Cl2NO4S/c1-10-16(22)14-8-12(19)9-15(20)18(14)25-17(10)11-4-6-13(7-5-11)26(23,24)21(2)3/h4-9H,1-3H3. The molecule has 3 aromatic rings. The molecule has 8 heteroatoms. The molecule has 0 aliphatic heterocycles. The third-order valence-electron chi connectivity index (χ3n) is 4.03. The highest BCUT2D eigenvalue weighted by molar-refractivity contribution is 7.89. The van der Waals surface area contributed by atoms with Crippen molar-refractivity contribution >= 4 is 44.2 Å². The molecule has 1 heterocycles. The van der Waals surface area contributed by atoms with Crippen LogP contribution in [0.25, 0.3) is 22.3 Å². The van der Waals surface area contributed by atoms with Crippen LogP contribution >= 0.6 is 23.2 Å². The number of sulfonamides is 1. The van der Waals surface area contributed by atoms with Crippen molar-refractivity contribution in [2.24, 2.45) is 0 Å². The van der Waals surface area contributed by atoms with Gasteiger partial charge in [0.1, 0.15) is 5.76 Å². The molecule has 136 valence electrons. The van der Waals surface area contributed by atoms with E-state index in [1.165, 1.54) is 38.4 Å². The van der Waals surface area contributed by atoms with Crippen molar-refractivity contribution in [2.75, 3.05) is 14.1 Å². The van der Waals surface area contributed by atoms with Gasteiger partial charge in [-0.25, -0.2) is 12.7 Å². The minimum Gasteiger partial charge on any atom is -0.454 e. The zero-order valence-corrected chi connectivity index (χ0v) is 16.5. The van der Waals surface area contributed by atoms with Gasteiger partial charge in [-0.1, -0.05) is 23.2 Å². The van der Waals surface area contributed by atoms with Crippen LogP contribution in [0.5, 0.6) is 0 Å². The SMILES string of the molecule is Cc1c(-c2ccc(S(=O)(=O)N(C)C)cc2)oc2c(Cl)cc(Cl)cc2c1=O. The smallest absolute Gasteiger partial charge is 0.242 e. The molecule has 2 aromatic carbocycles. The second-order valence-corrected chi connectivity index (χ2v) is 8.96. The van der Waals surface area contributed by atoms with E-state index < -0.39 is 10.0 Å². The predicted octanol–water partition coefficient (Wildman–Crippen LogP) is 4.33. The summed E-state index contributed by atoms with van der Waals surface area (Å²) >= 11 is 12.1. The topological polar surface area (TPSA) is 67.6 Å². The van der Waals surface area contributed by atoms with Gasteiger partial charge in [-0.2, -0.15) is 0 Å². The van der Waals surface area contributed by atoms with Gasteiger partial charge in [0.15, 0.2) is 11.0 Å². The molecule has 0 saturated heterocycles. The first-order valence-electron chi connectivity index (χ1n) is 7.58. The van der Waals surface area contributed by atoms with Crippen LogP contribution in [0.3, 0.4) is 0 Å². The molecule has 0 aliphatic rings. The lowest BCUT2D eigenvalue weighted by atomic mass is 10.1. The van der Waals surface area contributed by atoms with Gasteiger partial charge in [0.25, 0.3) is 0 Å². The van der Waals surface area contributed by atoms with Crippen molar-refractivity contribution < 1.29 is 12.8 Å². The molecule has 1 aromatic heterocycles. The molecule has 0 amide bonds. The number of hydrogen-bond acceptors (Lipinski definition) is 4. The minimum atomic E-state index is -3.54. The Morgan fingerprint density at radius 3 is 2.23 bits per heavy atom. The van der Waals surface area contributed by atoms with Gasteiger partial charge in [0, 0.05) is 30.2 Å². The molecule has 0 aliphatic carbocycles. The predicted molar refractivity (Wildman–Crippen MR) is 104 cm³/mol.